The Morgan fingerprint density at radius 2 is 1.33 bits per heavy atom. The quantitative estimate of drug-likeness (QED) is 0.381. The van der Waals surface area contributed by atoms with Crippen LogP contribution in [0.2, 0.25) is 0 Å². The third-order valence-corrected chi connectivity index (χ3v) is 0. The van der Waals surface area contributed by atoms with Crippen molar-refractivity contribution >= 4 is 0 Å². The van der Waals surface area contributed by atoms with Gasteiger partial charge in [-0.25, -0.2) is 0 Å². The van der Waals surface area contributed by atoms with Gasteiger partial charge >= 0.3 is 38.6 Å². The van der Waals surface area contributed by atoms with E-state index in [1.165, 1.54) is 0 Å². The van der Waals surface area contributed by atoms with Gasteiger partial charge in [-0.3, -0.25) is 0 Å². The van der Waals surface area contributed by atoms with Crippen LogP contribution >= 0.6 is 0 Å². The standard InChI is InChI=1S/Co.Li.Mn.Ni.H2O.O.H/h;;;;1H2;;/q;+1;;;;;-1. The monoisotopic (exact) mass is 214 g/mol. The molecule has 2 N–H and O–H groups in total. The molecule has 0 rings (SSSR count). The molecule has 42 valence electrons. The van der Waals surface area contributed by atoms with Gasteiger partial charge in [-0.1, -0.05) is 0 Å². The Kier molecular flexibility index (Phi) is 506. The number of rotatable bonds is 0. The molecule has 0 aliphatic carbocycles. The van der Waals surface area contributed by atoms with Crippen molar-refractivity contribution in [2.45, 2.75) is 0 Å². The van der Waals surface area contributed by atoms with E-state index >= 15 is 0 Å². The zero-order chi connectivity index (χ0) is 2.00. The second-order valence-electron chi connectivity index (χ2n) is 0. The van der Waals surface area contributed by atoms with E-state index in [-0.39, 0.29) is 59.0 Å². The van der Waals surface area contributed by atoms with Crippen molar-refractivity contribution in [3.63, 3.8) is 0 Å². The second-order valence-corrected chi connectivity index (χ2v) is 0. The molecule has 0 aliphatic rings. The van der Waals surface area contributed by atoms with Gasteiger partial charge in [0.25, 0.3) is 0 Å². The normalized spacial score (nSPS) is 0.667. The van der Waals surface area contributed by atoms with Gasteiger partial charge in [0.05, 0.1) is 0 Å². The van der Waals surface area contributed by atoms with Crippen LogP contribution in [0.3, 0.4) is 0 Å². The Balaban J connectivity index is -0.000000000500. The minimum absolute atomic E-state index is 0. The predicted molar refractivity (Wildman–Crippen MR) is 5.41 cm³/mol. The molecule has 0 saturated heterocycles. The first-order valence-electron chi connectivity index (χ1n) is 0.154. The summed E-state index contributed by atoms with van der Waals surface area (Å²) in [6.45, 7) is 0. The van der Waals surface area contributed by atoms with Crippen LogP contribution in [-0.4, -0.2) is 5.48 Å². The number of hydrogen-bond acceptors (Lipinski definition) is 1. The van der Waals surface area contributed by atoms with Crippen molar-refractivity contribution in [2.75, 3.05) is 0 Å². The van der Waals surface area contributed by atoms with Crippen molar-refractivity contribution in [3.8, 4) is 0 Å². The Morgan fingerprint density at radius 1 is 1.33 bits per heavy atom. The van der Waals surface area contributed by atoms with Gasteiger partial charge in [-0.2, -0.15) is 0 Å². The topological polar surface area (TPSA) is 48.6 Å². The van der Waals surface area contributed by atoms with Crippen LogP contribution in [-0.2, 0) is 53.0 Å². The van der Waals surface area contributed by atoms with Crippen molar-refractivity contribution in [3.05, 3.63) is 0 Å². The van der Waals surface area contributed by atoms with Gasteiger partial charge in [0, 0.05) is 33.3 Å². The molecule has 0 heterocycles. The van der Waals surface area contributed by atoms with E-state index in [2.05, 4.69) is 0 Å². The Hall–Kier alpha value is 1.88. The Bertz CT molecular complexity index is 17.7. The molecule has 0 aromatic heterocycles. The first-order valence-corrected chi connectivity index (χ1v) is 0.636. The minimum atomic E-state index is 0. The molecule has 0 bridgehead atoms. The maximum atomic E-state index is 8.06. The van der Waals surface area contributed by atoms with E-state index in [1.807, 2.05) is 0 Å². The summed E-state index contributed by atoms with van der Waals surface area (Å²) in [4.78, 5) is 0. The summed E-state index contributed by atoms with van der Waals surface area (Å²) in [5.41, 5.74) is 0. The van der Waals surface area contributed by atoms with Crippen molar-refractivity contribution in [1.82, 2.24) is 0 Å². The average Bonchev–Trinajstić information content (AvgIpc) is 1.00. The van der Waals surface area contributed by atoms with E-state index in [1.54, 1.807) is 15.9 Å². The summed E-state index contributed by atoms with van der Waals surface area (Å²) < 4.78 is 8.06. The summed E-state index contributed by atoms with van der Waals surface area (Å²) >= 11 is 1.69. The van der Waals surface area contributed by atoms with E-state index in [0.717, 1.165) is 0 Å². The van der Waals surface area contributed by atoms with Crippen molar-refractivity contribution in [2.24, 2.45) is 0 Å². The molecule has 0 fully saturated rings. The van der Waals surface area contributed by atoms with Crippen LogP contribution in [0.25, 0.3) is 0 Å². The first-order chi connectivity index (χ1) is 1.00. The summed E-state index contributed by atoms with van der Waals surface area (Å²) in [6, 6.07) is 0. The molecule has 0 aromatic carbocycles. The first kappa shape index (κ1) is 45.0. The van der Waals surface area contributed by atoms with Crippen LogP contribution < -0.4 is 18.9 Å². The Morgan fingerprint density at radius 3 is 1.33 bits per heavy atom. The molecule has 6 heavy (non-hydrogen) atoms. The molecule has 1 radical (unpaired) electrons. The summed E-state index contributed by atoms with van der Waals surface area (Å²) in [7, 11) is 0. The van der Waals surface area contributed by atoms with Gasteiger partial charge in [-0.15, -0.1) is 0 Å². The predicted octanol–water partition coefficient (Wildman–Crippen LogP) is -3.83. The fourth-order valence-corrected chi connectivity index (χ4v) is 0. The van der Waals surface area contributed by atoms with E-state index in [9.17, 15) is 0 Å². The Labute approximate surface area is 78.3 Å². The maximum absolute atomic E-state index is 8.06. The van der Waals surface area contributed by atoms with Gasteiger partial charge < -0.3 is 6.90 Å². The van der Waals surface area contributed by atoms with E-state index < -0.39 is 0 Å². The summed E-state index contributed by atoms with van der Waals surface area (Å²) in [5, 5.41) is 0. The van der Waals surface area contributed by atoms with Crippen LogP contribution in [0, 0.1) is 0 Å². The molecular formula is H3CoLiMnNiO2. The molecule has 0 unspecified atom stereocenters. The van der Waals surface area contributed by atoms with Gasteiger partial charge in [-0.05, 0) is 0 Å². The molecule has 6 heteroatoms. The van der Waals surface area contributed by atoms with Crippen LogP contribution in [0.15, 0.2) is 0 Å². The second kappa shape index (κ2) is 67.4. The van der Waals surface area contributed by atoms with Gasteiger partial charge in [0.2, 0.25) is 0 Å². The van der Waals surface area contributed by atoms with E-state index in [0.29, 0.717) is 0 Å². The SMILES string of the molecule is O.[Co].[H-].[Li+].[Ni].[O]=[Mn]. The third-order valence-electron chi connectivity index (χ3n) is 0. The van der Waals surface area contributed by atoms with Crippen molar-refractivity contribution < 1.29 is 78.8 Å². The van der Waals surface area contributed by atoms with Crippen LogP contribution in [0.1, 0.15) is 1.43 Å². The molecule has 0 aliphatic heterocycles. The zero-order valence-corrected chi connectivity index (χ0v) is 6.14. The molecule has 0 atom stereocenters. The zero-order valence-electron chi connectivity index (χ0n) is 3.94. The van der Waals surface area contributed by atoms with Crippen molar-refractivity contribution in [1.29, 1.82) is 0 Å². The van der Waals surface area contributed by atoms with E-state index in [4.69, 9.17) is 3.83 Å². The third kappa shape index (κ3) is 39.7. The molecular weight excluding hydrogens is 212 g/mol. The summed E-state index contributed by atoms with van der Waals surface area (Å²) in [6.07, 6.45) is 0. The molecule has 2 nitrogen and oxygen atoms in total. The molecule has 0 saturated carbocycles. The average molecular weight is 215 g/mol. The van der Waals surface area contributed by atoms with Gasteiger partial charge in [0.15, 0.2) is 0 Å². The van der Waals surface area contributed by atoms with Gasteiger partial charge in [0.1, 0.15) is 0 Å². The molecule has 0 amide bonds. The summed E-state index contributed by atoms with van der Waals surface area (Å²) in [5.74, 6) is 0. The number of hydrogen-bond donors (Lipinski definition) is 0. The molecule has 0 spiro atoms. The fraction of sp³-hybridized carbons (Fsp3) is 0. The fourth-order valence-electron chi connectivity index (χ4n) is 0. The van der Waals surface area contributed by atoms with Crippen LogP contribution in [0.5, 0.6) is 0 Å². The molecule has 0 aromatic rings. The van der Waals surface area contributed by atoms with Crippen LogP contribution in [0.4, 0.5) is 0 Å².